The van der Waals surface area contributed by atoms with Crippen molar-refractivity contribution >= 4 is 12.0 Å². The summed E-state index contributed by atoms with van der Waals surface area (Å²) in [5.74, 6) is -0.0915. The lowest BCUT2D eigenvalue weighted by Gasteiger charge is -1.97. The number of hydrogen-bond donors (Lipinski definition) is 1. The van der Waals surface area contributed by atoms with E-state index in [1.54, 1.807) is 18.2 Å². The van der Waals surface area contributed by atoms with Crippen molar-refractivity contribution in [1.82, 2.24) is 5.32 Å². The molecule has 0 unspecified atom stereocenters. The molecule has 0 aliphatic rings. The van der Waals surface area contributed by atoms with Gasteiger partial charge in [-0.3, -0.25) is 4.79 Å². The van der Waals surface area contributed by atoms with Crippen LogP contribution in [0.2, 0.25) is 0 Å². The first-order chi connectivity index (χ1) is 7.76. The zero-order valence-electron chi connectivity index (χ0n) is 9.23. The first-order valence-corrected chi connectivity index (χ1v) is 5.22. The van der Waals surface area contributed by atoms with E-state index in [-0.39, 0.29) is 5.91 Å². The van der Waals surface area contributed by atoms with Crippen molar-refractivity contribution in [2.45, 2.75) is 13.3 Å². The molecule has 0 saturated carbocycles. The highest BCUT2D eigenvalue weighted by molar-refractivity contribution is 5.91. The smallest absolute Gasteiger partial charge is 0.243 e. The molecule has 0 radical (unpaired) electrons. The van der Waals surface area contributed by atoms with Gasteiger partial charge in [0.15, 0.2) is 0 Å². The molecule has 1 rings (SSSR count). The molecule has 0 spiro atoms. The fourth-order valence-electron chi connectivity index (χ4n) is 1.15. The Balaban J connectivity index is 2.56. The summed E-state index contributed by atoms with van der Waals surface area (Å²) >= 11 is 0. The Morgan fingerprint density at radius 2 is 2.12 bits per heavy atom. The third kappa shape index (κ3) is 3.97. The van der Waals surface area contributed by atoms with Gasteiger partial charge in [-0.25, -0.2) is 0 Å². The molecule has 82 valence electrons. The summed E-state index contributed by atoms with van der Waals surface area (Å²) in [7, 11) is 0. The Bertz CT molecular complexity index is 413. The average molecular weight is 214 g/mol. The normalized spacial score (nSPS) is 10.0. The summed E-state index contributed by atoms with van der Waals surface area (Å²) < 4.78 is 0. The van der Waals surface area contributed by atoms with Gasteiger partial charge in [0.2, 0.25) is 5.91 Å². The molecule has 1 aromatic carbocycles. The van der Waals surface area contributed by atoms with Gasteiger partial charge in [0, 0.05) is 12.6 Å². The van der Waals surface area contributed by atoms with Crippen LogP contribution in [0.15, 0.2) is 30.3 Å². The fourth-order valence-corrected chi connectivity index (χ4v) is 1.15. The molecule has 0 heterocycles. The molecule has 0 saturated heterocycles. The highest BCUT2D eigenvalue weighted by Crippen LogP contribution is 2.04. The van der Waals surface area contributed by atoms with Crippen LogP contribution in [-0.2, 0) is 4.79 Å². The van der Waals surface area contributed by atoms with Gasteiger partial charge in [0.1, 0.15) is 0 Å². The van der Waals surface area contributed by atoms with Crippen LogP contribution < -0.4 is 5.32 Å². The lowest BCUT2D eigenvalue weighted by molar-refractivity contribution is -0.116. The fraction of sp³-hybridized carbons (Fsp3) is 0.231. The minimum Gasteiger partial charge on any atom is -0.353 e. The molecule has 0 fully saturated rings. The van der Waals surface area contributed by atoms with Crippen molar-refractivity contribution in [3.63, 3.8) is 0 Å². The molecular weight excluding hydrogens is 200 g/mol. The predicted octanol–water partition coefficient (Wildman–Crippen LogP) is 2.10. The van der Waals surface area contributed by atoms with E-state index in [0.29, 0.717) is 12.1 Å². The number of rotatable bonds is 4. The molecule has 0 aliphatic heterocycles. The molecule has 0 atom stereocenters. The lowest BCUT2D eigenvalue weighted by Crippen LogP contribution is -2.21. The zero-order valence-corrected chi connectivity index (χ0v) is 9.23. The van der Waals surface area contributed by atoms with Crippen LogP contribution in [0.1, 0.15) is 24.5 Å². The number of amides is 1. The van der Waals surface area contributed by atoms with Crippen molar-refractivity contribution in [2.24, 2.45) is 0 Å². The minimum absolute atomic E-state index is 0.0915. The molecule has 3 heteroatoms. The molecule has 3 nitrogen and oxygen atoms in total. The minimum atomic E-state index is -0.0915. The van der Waals surface area contributed by atoms with Crippen LogP contribution in [0.25, 0.3) is 6.08 Å². The summed E-state index contributed by atoms with van der Waals surface area (Å²) in [6.45, 7) is 2.70. The maximum Gasteiger partial charge on any atom is 0.243 e. The van der Waals surface area contributed by atoms with Crippen molar-refractivity contribution in [1.29, 1.82) is 5.26 Å². The molecular formula is C13H14N2O. The van der Waals surface area contributed by atoms with Crippen molar-refractivity contribution in [2.75, 3.05) is 6.54 Å². The summed E-state index contributed by atoms with van der Waals surface area (Å²) in [6.07, 6.45) is 4.15. The van der Waals surface area contributed by atoms with Crippen molar-refractivity contribution < 1.29 is 4.79 Å². The Kier molecular flexibility index (Phi) is 4.81. The van der Waals surface area contributed by atoms with Gasteiger partial charge in [-0.1, -0.05) is 19.1 Å². The topological polar surface area (TPSA) is 52.9 Å². The van der Waals surface area contributed by atoms with Gasteiger partial charge in [0.25, 0.3) is 0 Å². The summed E-state index contributed by atoms with van der Waals surface area (Å²) in [5, 5.41) is 11.4. The van der Waals surface area contributed by atoms with E-state index in [1.165, 1.54) is 6.08 Å². The molecule has 0 aliphatic carbocycles. The highest BCUT2D eigenvalue weighted by Gasteiger charge is 1.93. The second kappa shape index (κ2) is 6.41. The number of hydrogen-bond acceptors (Lipinski definition) is 2. The lowest BCUT2D eigenvalue weighted by atomic mass is 10.1. The van der Waals surface area contributed by atoms with Crippen molar-refractivity contribution in [3.8, 4) is 6.07 Å². The quantitative estimate of drug-likeness (QED) is 0.780. The number of nitrogens with zero attached hydrogens (tertiary/aromatic N) is 1. The van der Waals surface area contributed by atoms with E-state index in [4.69, 9.17) is 5.26 Å². The predicted molar refractivity (Wildman–Crippen MR) is 63.5 cm³/mol. The monoisotopic (exact) mass is 214 g/mol. The second-order valence-corrected chi connectivity index (χ2v) is 3.36. The van der Waals surface area contributed by atoms with Gasteiger partial charge in [-0.2, -0.15) is 5.26 Å². The number of carbonyl (C=O) groups is 1. The van der Waals surface area contributed by atoms with Gasteiger partial charge in [-0.15, -0.1) is 0 Å². The maximum absolute atomic E-state index is 11.2. The van der Waals surface area contributed by atoms with Gasteiger partial charge >= 0.3 is 0 Å². The number of carbonyl (C=O) groups excluding carboxylic acids is 1. The van der Waals surface area contributed by atoms with E-state index >= 15 is 0 Å². The highest BCUT2D eigenvalue weighted by atomic mass is 16.1. The standard InChI is InChI=1S/C13H14N2O/c1-2-9-15-13(16)8-7-11-3-5-12(10-14)6-4-11/h3-8H,2,9H2,1H3,(H,15,16). The Labute approximate surface area is 95.4 Å². The SMILES string of the molecule is CCCNC(=O)C=Cc1ccc(C#N)cc1. The van der Waals surface area contributed by atoms with Gasteiger partial charge < -0.3 is 5.32 Å². The molecule has 0 bridgehead atoms. The maximum atomic E-state index is 11.2. The Morgan fingerprint density at radius 3 is 2.69 bits per heavy atom. The summed E-state index contributed by atoms with van der Waals surface area (Å²) in [6, 6.07) is 9.11. The van der Waals surface area contributed by atoms with E-state index in [9.17, 15) is 4.79 Å². The first kappa shape index (κ1) is 12.0. The molecule has 1 aromatic rings. The van der Waals surface area contributed by atoms with E-state index < -0.39 is 0 Å². The van der Waals surface area contributed by atoms with Crippen LogP contribution in [0, 0.1) is 11.3 Å². The molecule has 0 aromatic heterocycles. The number of nitriles is 1. The van der Waals surface area contributed by atoms with Gasteiger partial charge in [-0.05, 0) is 30.2 Å². The van der Waals surface area contributed by atoms with Crippen LogP contribution in [0.5, 0.6) is 0 Å². The molecule has 1 N–H and O–H groups in total. The van der Waals surface area contributed by atoms with E-state index in [0.717, 1.165) is 12.0 Å². The first-order valence-electron chi connectivity index (χ1n) is 5.22. The average Bonchev–Trinajstić information content (AvgIpc) is 2.34. The molecule has 1 amide bonds. The van der Waals surface area contributed by atoms with E-state index in [1.807, 2.05) is 25.1 Å². The summed E-state index contributed by atoms with van der Waals surface area (Å²) in [4.78, 5) is 11.2. The van der Waals surface area contributed by atoms with Crippen molar-refractivity contribution in [3.05, 3.63) is 41.5 Å². The van der Waals surface area contributed by atoms with Crippen LogP contribution in [0.4, 0.5) is 0 Å². The number of benzene rings is 1. The largest absolute Gasteiger partial charge is 0.353 e. The van der Waals surface area contributed by atoms with Crippen LogP contribution in [0.3, 0.4) is 0 Å². The third-order valence-electron chi connectivity index (χ3n) is 2.02. The third-order valence-corrected chi connectivity index (χ3v) is 2.02. The van der Waals surface area contributed by atoms with Crippen LogP contribution >= 0.6 is 0 Å². The van der Waals surface area contributed by atoms with E-state index in [2.05, 4.69) is 5.32 Å². The summed E-state index contributed by atoms with van der Waals surface area (Å²) in [5.41, 5.74) is 1.53. The zero-order chi connectivity index (χ0) is 11.8. The second-order valence-electron chi connectivity index (χ2n) is 3.36. The Morgan fingerprint density at radius 1 is 1.44 bits per heavy atom. The van der Waals surface area contributed by atoms with Crippen LogP contribution in [-0.4, -0.2) is 12.5 Å². The molecule has 16 heavy (non-hydrogen) atoms. The van der Waals surface area contributed by atoms with Gasteiger partial charge in [0.05, 0.1) is 11.6 Å². The number of nitrogens with one attached hydrogen (secondary N) is 1. The Hall–Kier alpha value is -2.08.